The second-order valence-electron chi connectivity index (χ2n) is 3.24. The molecule has 1 aromatic carbocycles. The number of hydrogen-bond donors (Lipinski definition) is 1. The molecule has 0 aliphatic heterocycles. The highest BCUT2D eigenvalue weighted by atomic mass is 79.9. The molecule has 0 saturated carbocycles. The standard InChI is InChI=1S/C12H10BrNO2/c1-16-12(15)11-9(6-7-14-11)8-4-2-3-5-10(8)13/h2-7,14H,1H3. The van der Waals surface area contributed by atoms with E-state index < -0.39 is 0 Å². The molecular formula is C12H10BrNO2. The molecule has 0 amide bonds. The van der Waals surface area contributed by atoms with Crippen LogP contribution in [0.15, 0.2) is 41.0 Å². The molecule has 0 aliphatic carbocycles. The van der Waals surface area contributed by atoms with E-state index in [0.29, 0.717) is 5.69 Å². The van der Waals surface area contributed by atoms with Crippen LogP contribution in [0.5, 0.6) is 0 Å². The number of rotatable bonds is 2. The van der Waals surface area contributed by atoms with Crippen LogP contribution in [0.25, 0.3) is 11.1 Å². The van der Waals surface area contributed by atoms with Gasteiger partial charge < -0.3 is 9.72 Å². The van der Waals surface area contributed by atoms with Crippen LogP contribution in [0.3, 0.4) is 0 Å². The number of methoxy groups -OCH3 is 1. The van der Waals surface area contributed by atoms with Gasteiger partial charge in [-0.3, -0.25) is 0 Å². The fraction of sp³-hybridized carbons (Fsp3) is 0.0833. The van der Waals surface area contributed by atoms with Gasteiger partial charge in [0.25, 0.3) is 0 Å². The molecule has 0 radical (unpaired) electrons. The Hall–Kier alpha value is -1.55. The zero-order chi connectivity index (χ0) is 11.5. The third-order valence-electron chi connectivity index (χ3n) is 2.30. The highest BCUT2D eigenvalue weighted by molar-refractivity contribution is 9.10. The largest absolute Gasteiger partial charge is 0.464 e. The van der Waals surface area contributed by atoms with Crippen molar-refractivity contribution in [1.29, 1.82) is 0 Å². The lowest BCUT2D eigenvalue weighted by Gasteiger charge is -2.04. The van der Waals surface area contributed by atoms with Crippen molar-refractivity contribution in [2.24, 2.45) is 0 Å². The molecule has 1 aromatic heterocycles. The summed E-state index contributed by atoms with van der Waals surface area (Å²) in [7, 11) is 1.37. The van der Waals surface area contributed by atoms with Crippen molar-refractivity contribution in [3.05, 3.63) is 46.7 Å². The first kappa shape index (κ1) is 11.0. The molecule has 82 valence electrons. The van der Waals surface area contributed by atoms with Gasteiger partial charge in [0.05, 0.1) is 7.11 Å². The number of aromatic amines is 1. The van der Waals surface area contributed by atoms with Gasteiger partial charge >= 0.3 is 5.97 Å². The van der Waals surface area contributed by atoms with Gasteiger partial charge in [0.15, 0.2) is 0 Å². The molecule has 0 spiro atoms. The lowest BCUT2D eigenvalue weighted by Crippen LogP contribution is -2.03. The first-order chi connectivity index (χ1) is 7.74. The fourth-order valence-corrected chi connectivity index (χ4v) is 2.04. The molecule has 1 heterocycles. The Kier molecular flexibility index (Phi) is 3.10. The zero-order valence-corrected chi connectivity index (χ0v) is 10.2. The summed E-state index contributed by atoms with van der Waals surface area (Å²) >= 11 is 3.46. The predicted molar refractivity (Wildman–Crippen MR) is 65.3 cm³/mol. The van der Waals surface area contributed by atoms with Crippen LogP contribution in [0.4, 0.5) is 0 Å². The quantitative estimate of drug-likeness (QED) is 0.858. The molecule has 0 unspecified atom stereocenters. The van der Waals surface area contributed by atoms with E-state index in [1.165, 1.54) is 7.11 Å². The molecule has 1 N–H and O–H groups in total. The van der Waals surface area contributed by atoms with E-state index in [2.05, 4.69) is 20.9 Å². The highest BCUT2D eigenvalue weighted by Crippen LogP contribution is 2.30. The third-order valence-corrected chi connectivity index (χ3v) is 2.99. The molecule has 3 nitrogen and oxygen atoms in total. The Morgan fingerprint density at radius 3 is 2.69 bits per heavy atom. The molecule has 0 fully saturated rings. The van der Waals surface area contributed by atoms with E-state index in [1.807, 2.05) is 30.3 Å². The Bertz CT molecular complexity index is 519. The number of esters is 1. The average molecular weight is 280 g/mol. The number of halogens is 1. The monoisotopic (exact) mass is 279 g/mol. The topological polar surface area (TPSA) is 42.1 Å². The second-order valence-corrected chi connectivity index (χ2v) is 4.09. The Labute approximate surface area is 102 Å². The normalized spacial score (nSPS) is 10.1. The molecule has 4 heteroatoms. The summed E-state index contributed by atoms with van der Waals surface area (Å²) < 4.78 is 5.66. The fourth-order valence-electron chi connectivity index (χ4n) is 1.54. The van der Waals surface area contributed by atoms with Crippen molar-refractivity contribution in [3.8, 4) is 11.1 Å². The molecule has 16 heavy (non-hydrogen) atoms. The number of hydrogen-bond acceptors (Lipinski definition) is 2. The van der Waals surface area contributed by atoms with Crippen LogP contribution in [-0.2, 0) is 4.74 Å². The van der Waals surface area contributed by atoms with Crippen LogP contribution in [-0.4, -0.2) is 18.1 Å². The minimum atomic E-state index is -0.365. The number of carbonyl (C=O) groups excluding carboxylic acids is 1. The van der Waals surface area contributed by atoms with E-state index in [4.69, 9.17) is 4.74 Å². The molecule has 0 atom stereocenters. The lowest BCUT2D eigenvalue weighted by atomic mass is 10.1. The van der Waals surface area contributed by atoms with Gasteiger partial charge in [-0.2, -0.15) is 0 Å². The van der Waals surface area contributed by atoms with Gasteiger partial charge in [0.1, 0.15) is 5.69 Å². The summed E-state index contributed by atoms with van der Waals surface area (Å²) in [5, 5.41) is 0. The Morgan fingerprint density at radius 1 is 1.25 bits per heavy atom. The SMILES string of the molecule is COC(=O)c1[nH]ccc1-c1ccccc1Br. The average Bonchev–Trinajstić information content (AvgIpc) is 2.77. The smallest absolute Gasteiger partial charge is 0.355 e. The van der Waals surface area contributed by atoms with Crippen LogP contribution in [0, 0.1) is 0 Å². The summed E-state index contributed by atoms with van der Waals surface area (Å²) in [5.74, 6) is -0.365. The molecule has 0 aliphatic rings. The maximum absolute atomic E-state index is 11.5. The highest BCUT2D eigenvalue weighted by Gasteiger charge is 2.15. The first-order valence-corrected chi connectivity index (χ1v) is 5.54. The molecule has 2 rings (SSSR count). The van der Waals surface area contributed by atoms with Crippen molar-refractivity contribution in [2.75, 3.05) is 7.11 Å². The minimum absolute atomic E-state index is 0.365. The van der Waals surface area contributed by atoms with Crippen molar-refractivity contribution in [2.45, 2.75) is 0 Å². The van der Waals surface area contributed by atoms with Gasteiger partial charge in [0.2, 0.25) is 0 Å². The van der Waals surface area contributed by atoms with E-state index in [0.717, 1.165) is 15.6 Å². The van der Waals surface area contributed by atoms with Crippen molar-refractivity contribution in [1.82, 2.24) is 4.98 Å². The van der Waals surface area contributed by atoms with E-state index in [1.54, 1.807) is 6.20 Å². The summed E-state index contributed by atoms with van der Waals surface area (Å²) in [4.78, 5) is 14.4. The Morgan fingerprint density at radius 2 is 2.00 bits per heavy atom. The summed E-state index contributed by atoms with van der Waals surface area (Å²) in [5.41, 5.74) is 2.26. The maximum Gasteiger partial charge on any atom is 0.355 e. The summed E-state index contributed by atoms with van der Waals surface area (Å²) in [6.45, 7) is 0. The number of H-pyrrole nitrogens is 1. The number of ether oxygens (including phenoxy) is 1. The summed E-state index contributed by atoms with van der Waals surface area (Å²) in [6.07, 6.45) is 1.72. The van der Waals surface area contributed by atoms with E-state index >= 15 is 0 Å². The van der Waals surface area contributed by atoms with Gasteiger partial charge in [-0.15, -0.1) is 0 Å². The number of carbonyl (C=O) groups is 1. The van der Waals surface area contributed by atoms with Crippen LogP contribution in [0.2, 0.25) is 0 Å². The molecule has 0 saturated heterocycles. The van der Waals surface area contributed by atoms with Crippen LogP contribution >= 0.6 is 15.9 Å². The number of benzene rings is 1. The van der Waals surface area contributed by atoms with E-state index in [9.17, 15) is 4.79 Å². The number of nitrogens with one attached hydrogen (secondary N) is 1. The summed E-state index contributed by atoms with van der Waals surface area (Å²) in [6, 6.07) is 9.58. The lowest BCUT2D eigenvalue weighted by molar-refractivity contribution is 0.0596. The molecule has 2 aromatic rings. The molecule has 0 bridgehead atoms. The minimum Gasteiger partial charge on any atom is -0.464 e. The second kappa shape index (κ2) is 4.53. The van der Waals surface area contributed by atoms with Gasteiger partial charge in [0, 0.05) is 16.2 Å². The van der Waals surface area contributed by atoms with Crippen LogP contribution < -0.4 is 0 Å². The zero-order valence-electron chi connectivity index (χ0n) is 8.66. The molecular weight excluding hydrogens is 270 g/mol. The maximum atomic E-state index is 11.5. The van der Waals surface area contributed by atoms with Crippen molar-refractivity contribution in [3.63, 3.8) is 0 Å². The number of aromatic nitrogens is 1. The van der Waals surface area contributed by atoms with Crippen LogP contribution in [0.1, 0.15) is 10.5 Å². The Balaban J connectivity index is 2.53. The van der Waals surface area contributed by atoms with Gasteiger partial charge in [-0.1, -0.05) is 34.1 Å². The van der Waals surface area contributed by atoms with E-state index in [-0.39, 0.29) is 5.97 Å². The first-order valence-electron chi connectivity index (χ1n) is 4.74. The van der Waals surface area contributed by atoms with Crippen molar-refractivity contribution < 1.29 is 9.53 Å². The van der Waals surface area contributed by atoms with Gasteiger partial charge in [-0.05, 0) is 17.7 Å². The predicted octanol–water partition coefficient (Wildman–Crippen LogP) is 3.23. The third kappa shape index (κ3) is 1.88. The van der Waals surface area contributed by atoms with Gasteiger partial charge in [-0.25, -0.2) is 4.79 Å². The van der Waals surface area contributed by atoms with Crippen molar-refractivity contribution >= 4 is 21.9 Å².